The van der Waals surface area contributed by atoms with E-state index < -0.39 is 0 Å². The lowest BCUT2D eigenvalue weighted by Crippen LogP contribution is -2.15. The van der Waals surface area contributed by atoms with Crippen molar-refractivity contribution in [3.05, 3.63) is 47.5 Å². The zero-order valence-electron chi connectivity index (χ0n) is 10.3. The van der Waals surface area contributed by atoms with Crippen molar-refractivity contribution < 1.29 is 0 Å². The number of rotatable bonds is 1. The average molecular weight is 267 g/mol. The van der Waals surface area contributed by atoms with Gasteiger partial charge >= 0.3 is 0 Å². The molecular weight excluding hydrogens is 254 g/mol. The summed E-state index contributed by atoms with van der Waals surface area (Å²) in [6.45, 7) is 0.985. The Labute approximate surface area is 115 Å². The Morgan fingerprint density at radius 1 is 1.11 bits per heavy atom. The van der Waals surface area contributed by atoms with Crippen LogP contribution in [0.1, 0.15) is 5.56 Å². The lowest BCUT2D eigenvalue weighted by molar-refractivity contribution is 1.00. The molecule has 2 aromatic carbocycles. The first-order valence-corrected chi connectivity index (χ1v) is 7.19. The first-order chi connectivity index (χ1) is 9.34. The van der Waals surface area contributed by atoms with Crippen molar-refractivity contribution in [2.24, 2.45) is 0 Å². The first-order valence-electron chi connectivity index (χ1n) is 6.32. The van der Waals surface area contributed by atoms with Crippen LogP contribution >= 0.6 is 11.3 Å². The van der Waals surface area contributed by atoms with Gasteiger partial charge in [-0.3, -0.25) is 0 Å². The largest absolute Gasteiger partial charge is 0.395 e. The lowest BCUT2D eigenvalue weighted by atomic mass is 10.1. The van der Waals surface area contributed by atoms with Crippen LogP contribution in [-0.4, -0.2) is 11.5 Å². The summed E-state index contributed by atoms with van der Waals surface area (Å²) in [7, 11) is 0. The van der Waals surface area contributed by atoms with Crippen molar-refractivity contribution in [1.82, 2.24) is 4.98 Å². The molecule has 19 heavy (non-hydrogen) atoms. The summed E-state index contributed by atoms with van der Waals surface area (Å²) >= 11 is 1.63. The van der Waals surface area contributed by atoms with Gasteiger partial charge in [0, 0.05) is 12.2 Å². The molecule has 1 aliphatic rings. The molecular formula is C15H13N3S. The highest BCUT2D eigenvalue weighted by Gasteiger charge is 2.22. The van der Waals surface area contributed by atoms with Crippen LogP contribution < -0.4 is 10.6 Å². The lowest BCUT2D eigenvalue weighted by Gasteiger charge is -2.21. The summed E-state index contributed by atoms with van der Waals surface area (Å²) in [4.78, 5) is 6.67. The molecule has 0 amide bonds. The van der Waals surface area contributed by atoms with Gasteiger partial charge in [0.2, 0.25) is 0 Å². The summed E-state index contributed by atoms with van der Waals surface area (Å²) in [5.74, 6) is 0. The van der Waals surface area contributed by atoms with Crippen molar-refractivity contribution in [2.45, 2.75) is 6.42 Å². The third kappa shape index (κ3) is 1.53. The maximum absolute atomic E-state index is 6.30. The van der Waals surface area contributed by atoms with E-state index in [0.29, 0.717) is 0 Å². The van der Waals surface area contributed by atoms with Crippen LogP contribution in [0.25, 0.3) is 10.2 Å². The van der Waals surface area contributed by atoms with Crippen LogP contribution in [0.4, 0.5) is 17.1 Å². The fourth-order valence-corrected chi connectivity index (χ4v) is 3.46. The molecule has 94 valence electrons. The van der Waals surface area contributed by atoms with E-state index in [-0.39, 0.29) is 0 Å². The van der Waals surface area contributed by atoms with Gasteiger partial charge in [-0.1, -0.05) is 18.2 Å². The number of nitrogens with zero attached hydrogens (tertiary/aromatic N) is 2. The van der Waals surface area contributed by atoms with Crippen molar-refractivity contribution in [3.63, 3.8) is 0 Å². The predicted octanol–water partition coefficient (Wildman–Crippen LogP) is 3.57. The molecule has 0 bridgehead atoms. The Kier molecular flexibility index (Phi) is 2.26. The van der Waals surface area contributed by atoms with E-state index in [0.717, 1.165) is 34.6 Å². The summed E-state index contributed by atoms with van der Waals surface area (Å²) in [6.07, 6.45) is 1.07. The second kappa shape index (κ2) is 3.96. The molecule has 4 rings (SSSR count). The molecule has 2 N–H and O–H groups in total. The molecule has 3 aromatic rings. The van der Waals surface area contributed by atoms with Gasteiger partial charge in [-0.05, 0) is 30.2 Å². The molecule has 1 aliphatic heterocycles. The van der Waals surface area contributed by atoms with Crippen molar-refractivity contribution in [3.8, 4) is 0 Å². The number of nitrogens with two attached hydrogens (primary N) is 1. The van der Waals surface area contributed by atoms with E-state index in [4.69, 9.17) is 5.73 Å². The Morgan fingerprint density at radius 2 is 2.00 bits per heavy atom. The van der Waals surface area contributed by atoms with Gasteiger partial charge in [-0.25, -0.2) is 4.98 Å². The van der Waals surface area contributed by atoms with E-state index >= 15 is 0 Å². The fourth-order valence-electron chi connectivity index (χ4n) is 2.77. The molecule has 3 nitrogen and oxygen atoms in total. The van der Waals surface area contributed by atoms with Crippen LogP contribution in [0.2, 0.25) is 0 Å². The van der Waals surface area contributed by atoms with E-state index in [1.807, 2.05) is 5.51 Å². The highest BCUT2D eigenvalue weighted by molar-refractivity contribution is 7.16. The zero-order chi connectivity index (χ0) is 12.8. The molecule has 0 fully saturated rings. The smallest absolute Gasteiger partial charge is 0.106 e. The Balaban J connectivity index is 1.90. The monoisotopic (exact) mass is 267 g/mol. The third-order valence-electron chi connectivity index (χ3n) is 3.70. The summed E-state index contributed by atoms with van der Waals surface area (Å²) in [5.41, 5.74) is 13.6. The van der Waals surface area contributed by atoms with Gasteiger partial charge in [-0.2, -0.15) is 0 Å². The summed E-state index contributed by atoms with van der Waals surface area (Å²) < 4.78 is 1.15. The van der Waals surface area contributed by atoms with E-state index in [1.165, 1.54) is 11.3 Å². The summed E-state index contributed by atoms with van der Waals surface area (Å²) in [5, 5.41) is 0. The third-order valence-corrected chi connectivity index (χ3v) is 4.49. The fraction of sp³-hybridized carbons (Fsp3) is 0.133. The van der Waals surface area contributed by atoms with Crippen molar-refractivity contribution >= 4 is 38.6 Å². The molecule has 2 heterocycles. The minimum absolute atomic E-state index is 0.787. The SMILES string of the molecule is Nc1c(N2CCc3ccccc32)ccc2scnc12. The number of benzene rings is 2. The Bertz CT molecular complexity index is 763. The van der Waals surface area contributed by atoms with Crippen LogP contribution in [0.3, 0.4) is 0 Å². The van der Waals surface area contributed by atoms with Crippen molar-refractivity contribution in [1.29, 1.82) is 0 Å². The molecule has 0 spiro atoms. The maximum atomic E-state index is 6.30. The number of nitrogen functional groups attached to an aromatic ring is 1. The van der Waals surface area contributed by atoms with E-state index in [1.54, 1.807) is 11.3 Å². The van der Waals surface area contributed by atoms with Gasteiger partial charge in [-0.15, -0.1) is 11.3 Å². The Hall–Kier alpha value is -2.07. The number of aromatic nitrogens is 1. The van der Waals surface area contributed by atoms with Gasteiger partial charge in [0.25, 0.3) is 0 Å². The normalized spacial score (nSPS) is 14.0. The Morgan fingerprint density at radius 3 is 2.95 bits per heavy atom. The van der Waals surface area contributed by atoms with Crippen LogP contribution in [0, 0.1) is 0 Å². The number of hydrogen-bond acceptors (Lipinski definition) is 4. The number of thiazole rings is 1. The van der Waals surface area contributed by atoms with Crippen LogP contribution in [0.5, 0.6) is 0 Å². The number of para-hydroxylation sites is 1. The maximum Gasteiger partial charge on any atom is 0.106 e. The van der Waals surface area contributed by atoms with E-state index in [2.05, 4.69) is 46.3 Å². The van der Waals surface area contributed by atoms with Gasteiger partial charge in [0.1, 0.15) is 5.52 Å². The number of fused-ring (bicyclic) bond motifs is 2. The van der Waals surface area contributed by atoms with Gasteiger partial charge in [0.05, 0.1) is 21.6 Å². The van der Waals surface area contributed by atoms with Gasteiger partial charge in [0.15, 0.2) is 0 Å². The number of hydrogen-bond donors (Lipinski definition) is 1. The molecule has 0 saturated heterocycles. The summed E-state index contributed by atoms with van der Waals surface area (Å²) in [6, 6.07) is 12.7. The average Bonchev–Trinajstić information content (AvgIpc) is 3.06. The van der Waals surface area contributed by atoms with Crippen LogP contribution in [0.15, 0.2) is 41.9 Å². The topological polar surface area (TPSA) is 42.1 Å². The number of anilines is 3. The molecule has 0 radical (unpaired) electrons. The molecule has 0 aliphatic carbocycles. The van der Waals surface area contributed by atoms with Crippen molar-refractivity contribution in [2.75, 3.05) is 17.2 Å². The minimum atomic E-state index is 0.787. The molecule has 0 unspecified atom stereocenters. The highest BCUT2D eigenvalue weighted by atomic mass is 32.1. The zero-order valence-corrected chi connectivity index (χ0v) is 11.2. The minimum Gasteiger partial charge on any atom is -0.395 e. The molecule has 4 heteroatoms. The highest BCUT2D eigenvalue weighted by Crippen LogP contribution is 2.40. The molecule has 1 aromatic heterocycles. The molecule has 0 atom stereocenters. The predicted molar refractivity (Wildman–Crippen MR) is 81.2 cm³/mol. The standard InChI is InChI=1S/C15H13N3S/c16-14-12(5-6-13-15(14)17-9-19-13)18-8-7-10-3-1-2-4-11(10)18/h1-6,9H,7-8,16H2. The van der Waals surface area contributed by atoms with Crippen LogP contribution in [-0.2, 0) is 6.42 Å². The first kappa shape index (κ1) is 10.8. The second-order valence-corrected chi connectivity index (χ2v) is 5.61. The second-order valence-electron chi connectivity index (χ2n) is 4.73. The molecule has 0 saturated carbocycles. The van der Waals surface area contributed by atoms with E-state index in [9.17, 15) is 0 Å². The quantitative estimate of drug-likeness (QED) is 0.685. The van der Waals surface area contributed by atoms with Gasteiger partial charge < -0.3 is 10.6 Å².